The van der Waals surface area contributed by atoms with Gasteiger partial charge in [0.15, 0.2) is 0 Å². The maximum atomic E-state index is 6.13. The van der Waals surface area contributed by atoms with Crippen LogP contribution in [0.4, 0.5) is 11.5 Å². The highest BCUT2D eigenvalue weighted by Gasteiger charge is 2.17. The van der Waals surface area contributed by atoms with Crippen LogP contribution in [0, 0.1) is 12.8 Å². The molecule has 114 valence electrons. The lowest BCUT2D eigenvalue weighted by atomic mass is 10.1. The molecule has 1 saturated heterocycles. The number of nitrogens with two attached hydrogens (primary N) is 1. The van der Waals surface area contributed by atoms with E-state index in [-0.39, 0.29) is 0 Å². The highest BCUT2D eigenvalue weighted by Crippen LogP contribution is 2.25. The number of aromatic nitrogens is 2. The fraction of sp³-hybridized carbons (Fsp3) is 0.800. The van der Waals surface area contributed by atoms with E-state index in [1.807, 2.05) is 11.6 Å². The van der Waals surface area contributed by atoms with E-state index in [9.17, 15) is 0 Å². The van der Waals surface area contributed by atoms with Crippen molar-refractivity contribution in [2.24, 2.45) is 5.92 Å². The molecule has 5 nitrogen and oxygen atoms in total. The SMILES string of the molecule is Cc1nn(C(C)C)c(NCC(C)CN2CCCC2)c1N. The predicted octanol–water partition coefficient (Wildman–Crippen LogP) is 2.50. The normalized spacial score (nSPS) is 17.9. The highest BCUT2D eigenvalue weighted by atomic mass is 15.4. The van der Waals surface area contributed by atoms with Gasteiger partial charge in [-0.3, -0.25) is 0 Å². The molecule has 1 fully saturated rings. The highest BCUT2D eigenvalue weighted by molar-refractivity contribution is 5.64. The third-order valence-corrected chi connectivity index (χ3v) is 4.01. The quantitative estimate of drug-likeness (QED) is 0.840. The van der Waals surface area contributed by atoms with Gasteiger partial charge in [-0.2, -0.15) is 5.10 Å². The summed E-state index contributed by atoms with van der Waals surface area (Å²) in [5.74, 6) is 1.59. The summed E-state index contributed by atoms with van der Waals surface area (Å²) >= 11 is 0. The Hall–Kier alpha value is -1.23. The van der Waals surface area contributed by atoms with Gasteiger partial charge in [-0.05, 0) is 52.6 Å². The molecule has 1 aliphatic heterocycles. The number of likely N-dealkylation sites (tertiary alicyclic amines) is 1. The van der Waals surface area contributed by atoms with E-state index in [4.69, 9.17) is 5.73 Å². The van der Waals surface area contributed by atoms with Crippen molar-refractivity contribution in [2.75, 3.05) is 37.2 Å². The van der Waals surface area contributed by atoms with Crippen LogP contribution in [0.2, 0.25) is 0 Å². The lowest BCUT2D eigenvalue weighted by Crippen LogP contribution is -2.29. The Morgan fingerprint density at radius 2 is 1.90 bits per heavy atom. The van der Waals surface area contributed by atoms with Gasteiger partial charge in [-0.1, -0.05) is 6.92 Å². The van der Waals surface area contributed by atoms with Gasteiger partial charge in [-0.25, -0.2) is 4.68 Å². The average Bonchev–Trinajstić information content (AvgIpc) is 2.98. The first-order valence-electron chi connectivity index (χ1n) is 7.79. The maximum Gasteiger partial charge on any atom is 0.148 e. The number of hydrogen-bond acceptors (Lipinski definition) is 4. The van der Waals surface area contributed by atoms with E-state index in [2.05, 4.69) is 36.1 Å². The molecular formula is C15H29N5. The second-order valence-corrected chi connectivity index (χ2v) is 6.38. The first-order valence-corrected chi connectivity index (χ1v) is 7.79. The molecule has 5 heteroatoms. The molecule has 1 aromatic heterocycles. The van der Waals surface area contributed by atoms with Crippen molar-refractivity contribution in [1.82, 2.24) is 14.7 Å². The van der Waals surface area contributed by atoms with Crippen molar-refractivity contribution >= 4 is 11.5 Å². The second kappa shape index (κ2) is 6.48. The summed E-state index contributed by atoms with van der Waals surface area (Å²) in [5, 5.41) is 8.02. The largest absolute Gasteiger partial charge is 0.394 e. The van der Waals surface area contributed by atoms with Crippen molar-refractivity contribution in [3.8, 4) is 0 Å². The first-order chi connectivity index (χ1) is 9.49. The molecule has 2 rings (SSSR count). The van der Waals surface area contributed by atoms with Crippen LogP contribution in [-0.2, 0) is 0 Å². The van der Waals surface area contributed by atoms with Gasteiger partial charge >= 0.3 is 0 Å². The molecule has 3 N–H and O–H groups in total. The number of hydrogen-bond donors (Lipinski definition) is 2. The van der Waals surface area contributed by atoms with Gasteiger partial charge in [0.05, 0.1) is 11.4 Å². The van der Waals surface area contributed by atoms with Crippen LogP contribution in [0.3, 0.4) is 0 Å². The van der Waals surface area contributed by atoms with Gasteiger partial charge in [-0.15, -0.1) is 0 Å². The first kappa shape index (κ1) is 15.2. The number of anilines is 2. The number of rotatable bonds is 6. The van der Waals surface area contributed by atoms with Gasteiger partial charge in [0.25, 0.3) is 0 Å². The van der Waals surface area contributed by atoms with E-state index in [0.717, 1.165) is 23.7 Å². The molecule has 1 unspecified atom stereocenters. The van der Waals surface area contributed by atoms with Crippen molar-refractivity contribution in [2.45, 2.75) is 46.6 Å². The fourth-order valence-electron chi connectivity index (χ4n) is 2.85. The van der Waals surface area contributed by atoms with Crippen molar-refractivity contribution in [3.63, 3.8) is 0 Å². The van der Waals surface area contributed by atoms with Crippen LogP contribution in [-0.4, -0.2) is 40.9 Å². The second-order valence-electron chi connectivity index (χ2n) is 6.38. The number of nitrogens with zero attached hydrogens (tertiary/aromatic N) is 3. The summed E-state index contributed by atoms with van der Waals surface area (Å²) in [5.41, 5.74) is 7.83. The monoisotopic (exact) mass is 279 g/mol. The van der Waals surface area contributed by atoms with Crippen LogP contribution >= 0.6 is 0 Å². The number of nitrogen functional groups attached to an aromatic ring is 1. The zero-order valence-electron chi connectivity index (χ0n) is 13.3. The Balaban J connectivity index is 1.92. The third-order valence-electron chi connectivity index (χ3n) is 4.01. The standard InChI is InChI=1S/C15H29N5/c1-11(2)20-15(14(16)13(4)18-20)17-9-12(3)10-19-7-5-6-8-19/h11-12,17H,5-10,16H2,1-4H3. The van der Waals surface area contributed by atoms with Crippen LogP contribution in [0.5, 0.6) is 0 Å². The van der Waals surface area contributed by atoms with E-state index < -0.39 is 0 Å². The predicted molar refractivity (Wildman–Crippen MR) is 85.1 cm³/mol. The molecule has 0 spiro atoms. The number of aryl methyl sites for hydroxylation is 1. The van der Waals surface area contributed by atoms with Crippen LogP contribution in [0.15, 0.2) is 0 Å². The molecule has 1 atom stereocenters. The van der Waals surface area contributed by atoms with E-state index in [1.165, 1.54) is 32.5 Å². The molecule has 20 heavy (non-hydrogen) atoms. The van der Waals surface area contributed by atoms with Gasteiger partial charge in [0.1, 0.15) is 5.82 Å². The summed E-state index contributed by atoms with van der Waals surface area (Å²) in [6.45, 7) is 13.2. The Bertz CT molecular complexity index is 432. The summed E-state index contributed by atoms with van der Waals surface area (Å²) in [7, 11) is 0. The molecule has 2 heterocycles. The smallest absolute Gasteiger partial charge is 0.148 e. The molecule has 0 aliphatic carbocycles. The fourth-order valence-corrected chi connectivity index (χ4v) is 2.85. The minimum absolute atomic E-state index is 0.322. The van der Waals surface area contributed by atoms with Crippen LogP contribution in [0.1, 0.15) is 45.3 Å². The Morgan fingerprint density at radius 1 is 1.25 bits per heavy atom. The Morgan fingerprint density at radius 3 is 2.50 bits per heavy atom. The topological polar surface area (TPSA) is 59.1 Å². The van der Waals surface area contributed by atoms with E-state index in [1.54, 1.807) is 0 Å². The molecule has 1 aromatic rings. The molecule has 0 radical (unpaired) electrons. The summed E-state index contributed by atoms with van der Waals surface area (Å²) in [6.07, 6.45) is 2.71. The molecule has 0 aromatic carbocycles. The lowest BCUT2D eigenvalue weighted by Gasteiger charge is -2.21. The van der Waals surface area contributed by atoms with E-state index >= 15 is 0 Å². The number of nitrogens with one attached hydrogen (secondary N) is 1. The van der Waals surface area contributed by atoms with Crippen molar-refractivity contribution in [3.05, 3.63) is 5.69 Å². The van der Waals surface area contributed by atoms with Gasteiger partial charge in [0.2, 0.25) is 0 Å². The zero-order valence-corrected chi connectivity index (χ0v) is 13.3. The van der Waals surface area contributed by atoms with Crippen LogP contribution < -0.4 is 11.1 Å². The Labute approximate surface area is 122 Å². The van der Waals surface area contributed by atoms with Gasteiger partial charge in [0, 0.05) is 19.1 Å². The molecule has 1 aliphatic rings. The van der Waals surface area contributed by atoms with Crippen molar-refractivity contribution < 1.29 is 0 Å². The Kier molecular flexibility index (Phi) is 4.91. The zero-order chi connectivity index (χ0) is 14.7. The lowest BCUT2D eigenvalue weighted by molar-refractivity contribution is 0.294. The minimum Gasteiger partial charge on any atom is -0.394 e. The molecule has 0 saturated carbocycles. The molecule has 0 amide bonds. The minimum atomic E-state index is 0.322. The van der Waals surface area contributed by atoms with Crippen molar-refractivity contribution in [1.29, 1.82) is 0 Å². The molecular weight excluding hydrogens is 250 g/mol. The van der Waals surface area contributed by atoms with Crippen LogP contribution in [0.25, 0.3) is 0 Å². The summed E-state index contributed by atoms with van der Waals surface area (Å²) in [6, 6.07) is 0.322. The molecule has 0 bridgehead atoms. The average molecular weight is 279 g/mol. The van der Waals surface area contributed by atoms with Gasteiger partial charge < -0.3 is 16.0 Å². The van der Waals surface area contributed by atoms with E-state index in [0.29, 0.717) is 12.0 Å². The maximum absolute atomic E-state index is 6.13. The third kappa shape index (κ3) is 3.45. The summed E-state index contributed by atoms with van der Waals surface area (Å²) in [4.78, 5) is 2.56. The summed E-state index contributed by atoms with van der Waals surface area (Å²) < 4.78 is 1.99.